The first kappa shape index (κ1) is 17.0. The molecule has 0 amide bonds. The van der Waals surface area contributed by atoms with E-state index in [-0.39, 0.29) is 12.4 Å². The summed E-state index contributed by atoms with van der Waals surface area (Å²) in [7, 11) is 2.01. The highest BCUT2D eigenvalue weighted by atomic mass is 35.5. The minimum absolute atomic E-state index is 0. The highest BCUT2D eigenvalue weighted by Crippen LogP contribution is 2.25. The van der Waals surface area contributed by atoms with Gasteiger partial charge < -0.3 is 5.32 Å². The molecule has 120 valence electrons. The molecule has 1 aliphatic heterocycles. The van der Waals surface area contributed by atoms with Crippen LogP contribution in [0.25, 0.3) is 11.3 Å². The second-order valence-corrected chi connectivity index (χ2v) is 5.88. The Labute approximate surface area is 138 Å². The maximum Gasteiger partial charge on any atom is 0.0682 e. The van der Waals surface area contributed by atoms with Crippen LogP contribution in [-0.4, -0.2) is 40.9 Å². The van der Waals surface area contributed by atoms with E-state index < -0.39 is 0 Å². The number of benzene rings is 1. The number of aryl methyl sites for hydroxylation is 2. The number of hydrogen-bond donors (Lipinski definition) is 1. The van der Waals surface area contributed by atoms with E-state index in [9.17, 15) is 0 Å². The zero-order chi connectivity index (χ0) is 14.7. The van der Waals surface area contributed by atoms with Crippen LogP contribution in [-0.2, 0) is 13.6 Å². The molecular formula is C17H25ClN4. The second kappa shape index (κ2) is 7.77. The van der Waals surface area contributed by atoms with Crippen LogP contribution in [0.5, 0.6) is 0 Å². The fourth-order valence-corrected chi connectivity index (χ4v) is 3.01. The Morgan fingerprint density at radius 3 is 2.82 bits per heavy atom. The lowest BCUT2D eigenvalue weighted by Crippen LogP contribution is -2.27. The molecule has 2 aromatic rings. The molecule has 0 spiro atoms. The molecular weight excluding hydrogens is 296 g/mol. The molecule has 1 fully saturated rings. The third-order valence-electron chi connectivity index (χ3n) is 4.19. The van der Waals surface area contributed by atoms with E-state index in [0.29, 0.717) is 0 Å². The molecule has 1 aromatic heterocycles. The Morgan fingerprint density at radius 2 is 2.05 bits per heavy atom. The van der Waals surface area contributed by atoms with Crippen LogP contribution in [0.4, 0.5) is 0 Å². The summed E-state index contributed by atoms with van der Waals surface area (Å²) in [5, 5.41) is 7.79. The molecule has 0 atom stereocenters. The highest BCUT2D eigenvalue weighted by Gasteiger charge is 2.14. The monoisotopic (exact) mass is 320 g/mol. The van der Waals surface area contributed by atoms with E-state index in [0.717, 1.165) is 26.2 Å². The van der Waals surface area contributed by atoms with Gasteiger partial charge in [-0.25, -0.2) is 0 Å². The molecule has 5 heteroatoms. The minimum Gasteiger partial charge on any atom is -0.315 e. The third kappa shape index (κ3) is 3.88. The van der Waals surface area contributed by atoms with Crippen LogP contribution in [0.1, 0.15) is 17.5 Å². The summed E-state index contributed by atoms with van der Waals surface area (Å²) in [4.78, 5) is 2.55. The van der Waals surface area contributed by atoms with Gasteiger partial charge in [0.1, 0.15) is 0 Å². The van der Waals surface area contributed by atoms with Crippen LogP contribution in [0.3, 0.4) is 0 Å². The topological polar surface area (TPSA) is 33.1 Å². The molecule has 2 heterocycles. The lowest BCUT2D eigenvalue weighted by molar-refractivity contribution is 0.285. The number of halogens is 1. The van der Waals surface area contributed by atoms with Crippen molar-refractivity contribution in [3.05, 3.63) is 41.6 Å². The van der Waals surface area contributed by atoms with Crippen molar-refractivity contribution in [3.8, 4) is 11.3 Å². The minimum atomic E-state index is 0. The van der Waals surface area contributed by atoms with Crippen molar-refractivity contribution in [1.82, 2.24) is 20.0 Å². The van der Waals surface area contributed by atoms with Gasteiger partial charge in [0.2, 0.25) is 0 Å². The predicted molar refractivity (Wildman–Crippen MR) is 93.4 cm³/mol. The number of nitrogens with zero attached hydrogens (tertiary/aromatic N) is 3. The third-order valence-corrected chi connectivity index (χ3v) is 4.19. The van der Waals surface area contributed by atoms with Crippen molar-refractivity contribution in [1.29, 1.82) is 0 Å². The van der Waals surface area contributed by atoms with Gasteiger partial charge >= 0.3 is 0 Å². The van der Waals surface area contributed by atoms with Crippen LogP contribution in [0, 0.1) is 6.92 Å². The Morgan fingerprint density at radius 1 is 1.18 bits per heavy atom. The van der Waals surface area contributed by atoms with Gasteiger partial charge in [0.15, 0.2) is 0 Å². The van der Waals surface area contributed by atoms with E-state index in [4.69, 9.17) is 0 Å². The first-order valence-electron chi connectivity index (χ1n) is 7.75. The zero-order valence-electron chi connectivity index (χ0n) is 13.4. The molecule has 4 nitrogen and oxygen atoms in total. The Kier molecular flexibility index (Phi) is 6.00. The molecule has 0 saturated carbocycles. The van der Waals surface area contributed by atoms with Gasteiger partial charge in [0.25, 0.3) is 0 Å². The summed E-state index contributed by atoms with van der Waals surface area (Å²) in [5.41, 5.74) is 5.20. The molecule has 1 aliphatic rings. The SMILES string of the molecule is Cc1ccc(CN2CCCNCC2)c(-c2ccnn2C)c1.Cl. The molecule has 0 bridgehead atoms. The van der Waals surface area contributed by atoms with Gasteiger partial charge in [-0.05, 0) is 44.1 Å². The van der Waals surface area contributed by atoms with Gasteiger partial charge in [0, 0.05) is 38.4 Å². The zero-order valence-corrected chi connectivity index (χ0v) is 14.2. The summed E-state index contributed by atoms with van der Waals surface area (Å²) in [6, 6.07) is 8.87. The summed E-state index contributed by atoms with van der Waals surface area (Å²) in [6.07, 6.45) is 3.10. The van der Waals surface area contributed by atoms with Crippen molar-refractivity contribution in [2.45, 2.75) is 19.9 Å². The average Bonchev–Trinajstić information content (AvgIpc) is 2.73. The maximum atomic E-state index is 4.32. The molecule has 22 heavy (non-hydrogen) atoms. The predicted octanol–water partition coefficient (Wildman–Crippen LogP) is 2.61. The van der Waals surface area contributed by atoms with Crippen LogP contribution >= 0.6 is 12.4 Å². The number of nitrogens with one attached hydrogen (secondary N) is 1. The van der Waals surface area contributed by atoms with E-state index in [1.165, 1.54) is 35.3 Å². The lowest BCUT2D eigenvalue weighted by atomic mass is 10.0. The smallest absolute Gasteiger partial charge is 0.0682 e. The summed E-state index contributed by atoms with van der Waals surface area (Å²) in [5.74, 6) is 0. The van der Waals surface area contributed by atoms with Crippen LogP contribution < -0.4 is 5.32 Å². The van der Waals surface area contributed by atoms with Crippen molar-refractivity contribution >= 4 is 12.4 Å². The van der Waals surface area contributed by atoms with Crippen molar-refractivity contribution in [2.75, 3.05) is 26.2 Å². The normalized spacial score (nSPS) is 16.1. The van der Waals surface area contributed by atoms with Crippen LogP contribution in [0.2, 0.25) is 0 Å². The number of hydrogen-bond acceptors (Lipinski definition) is 3. The molecule has 1 saturated heterocycles. The van der Waals surface area contributed by atoms with E-state index in [2.05, 4.69) is 46.5 Å². The fourth-order valence-electron chi connectivity index (χ4n) is 3.01. The van der Waals surface area contributed by atoms with Gasteiger partial charge in [-0.1, -0.05) is 17.7 Å². The van der Waals surface area contributed by atoms with E-state index in [1.807, 2.05) is 17.9 Å². The Bertz CT molecular complexity index is 600. The lowest BCUT2D eigenvalue weighted by Gasteiger charge is -2.21. The van der Waals surface area contributed by atoms with E-state index in [1.54, 1.807) is 0 Å². The quantitative estimate of drug-likeness (QED) is 0.943. The van der Waals surface area contributed by atoms with Crippen molar-refractivity contribution in [2.24, 2.45) is 7.05 Å². The first-order valence-corrected chi connectivity index (χ1v) is 7.75. The summed E-state index contributed by atoms with van der Waals surface area (Å²) >= 11 is 0. The molecule has 0 unspecified atom stereocenters. The fraction of sp³-hybridized carbons (Fsp3) is 0.471. The maximum absolute atomic E-state index is 4.32. The standard InChI is InChI=1S/C17H24N4.ClH/c1-14-4-5-15(13-21-10-3-7-18-9-11-21)16(12-14)17-6-8-19-20(17)2;/h4-6,8,12,18H,3,7,9-11,13H2,1-2H3;1H. The largest absolute Gasteiger partial charge is 0.315 e. The van der Waals surface area contributed by atoms with Gasteiger partial charge in [-0.15, -0.1) is 12.4 Å². The molecule has 3 rings (SSSR count). The summed E-state index contributed by atoms with van der Waals surface area (Å²) in [6.45, 7) is 7.69. The highest BCUT2D eigenvalue weighted by molar-refractivity contribution is 5.85. The summed E-state index contributed by atoms with van der Waals surface area (Å²) < 4.78 is 1.96. The Balaban J connectivity index is 0.00000176. The second-order valence-electron chi connectivity index (χ2n) is 5.88. The van der Waals surface area contributed by atoms with Gasteiger partial charge in [-0.2, -0.15) is 5.10 Å². The number of aromatic nitrogens is 2. The average molecular weight is 321 g/mol. The van der Waals surface area contributed by atoms with Crippen molar-refractivity contribution in [3.63, 3.8) is 0 Å². The molecule has 0 radical (unpaired) electrons. The van der Waals surface area contributed by atoms with E-state index >= 15 is 0 Å². The van der Waals surface area contributed by atoms with Crippen molar-refractivity contribution < 1.29 is 0 Å². The molecule has 1 aromatic carbocycles. The van der Waals surface area contributed by atoms with Gasteiger partial charge in [-0.3, -0.25) is 9.58 Å². The Hall–Kier alpha value is -1.36. The van der Waals surface area contributed by atoms with Gasteiger partial charge in [0.05, 0.1) is 5.69 Å². The molecule has 1 N–H and O–H groups in total. The molecule has 0 aliphatic carbocycles. The van der Waals surface area contributed by atoms with Crippen LogP contribution in [0.15, 0.2) is 30.5 Å². The number of rotatable bonds is 3. The first-order chi connectivity index (χ1) is 10.2.